The summed E-state index contributed by atoms with van der Waals surface area (Å²) in [7, 11) is 1.79. The summed E-state index contributed by atoms with van der Waals surface area (Å²) in [6.45, 7) is 2.57. The standard InChI is InChI=1S/C16H18FN7O/c1-22-16(19-20-21-22)15-11-23(7-8-25-15)10-12-9-13(17)3-4-14(12)24-6-2-5-18-24/h2-6,9,15H,7-8,10-11H2,1H3. The van der Waals surface area contributed by atoms with Crippen molar-refractivity contribution in [3.8, 4) is 5.69 Å². The van der Waals surface area contributed by atoms with E-state index in [4.69, 9.17) is 4.74 Å². The van der Waals surface area contributed by atoms with Crippen LogP contribution in [0.5, 0.6) is 0 Å². The highest BCUT2D eigenvalue weighted by atomic mass is 19.1. The highest BCUT2D eigenvalue weighted by molar-refractivity contribution is 5.40. The van der Waals surface area contributed by atoms with Gasteiger partial charge in [0, 0.05) is 39.1 Å². The Hall–Kier alpha value is -2.65. The van der Waals surface area contributed by atoms with Gasteiger partial charge in [0.25, 0.3) is 0 Å². The van der Waals surface area contributed by atoms with E-state index in [0.29, 0.717) is 25.5 Å². The van der Waals surface area contributed by atoms with Gasteiger partial charge in [-0.2, -0.15) is 5.10 Å². The first-order chi connectivity index (χ1) is 12.2. The average Bonchev–Trinajstić information content (AvgIpc) is 3.27. The van der Waals surface area contributed by atoms with E-state index in [-0.39, 0.29) is 11.9 Å². The van der Waals surface area contributed by atoms with Crippen molar-refractivity contribution >= 4 is 0 Å². The first-order valence-corrected chi connectivity index (χ1v) is 8.05. The molecule has 130 valence electrons. The Kier molecular flexibility index (Phi) is 4.24. The first kappa shape index (κ1) is 15.9. The fourth-order valence-corrected chi connectivity index (χ4v) is 3.07. The lowest BCUT2D eigenvalue weighted by Gasteiger charge is -2.32. The number of hydrogen-bond acceptors (Lipinski definition) is 6. The van der Waals surface area contributed by atoms with Crippen molar-refractivity contribution < 1.29 is 9.13 Å². The van der Waals surface area contributed by atoms with Crippen molar-refractivity contribution in [3.05, 3.63) is 53.9 Å². The molecule has 8 nitrogen and oxygen atoms in total. The number of aryl methyl sites for hydroxylation is 1. The molecule has 0 N–H and O–H groups in total. The highest BCUT2D eigenvalue weighted by Crippen LogP contribution is 2.23. The van der Waals surface area contributed by atoms with Gasteiger partial charge in [-0.25, -0.2) is 13.8 Å². The summed E-state index contributed by atoms with van der Waals surface area (Å²) in [6, 6.07) is 6.61. The maximum Gasteiger partial charge on any atom is 0.181 e. The molecule has 25 heavy (non-hydrogen) atoms. The Morgan fingerprint density at radius 3 is 3.04 bits per heavy atom. The molecule has 1 aliphatic rings. The summed E-state index contributed by atoms with van der Waals surface area (Å²) in [5.41, 5.74) is 1.75. The van der Waals surface area contributed by atoms with Gasteiger partial charge in [0.1, 0.15) is 11.9 Å². The zero-order valence-electron chi connectivity index (χ0n) is 13.8. The summed E-state index contributed by atoms with van der Waals surface area (Å²) >= 11 is 0. The monoisotopic (exact) mass is 343 g/mol. The Bertz CT molecular complexity index is 848. The van der Waals surface area contributed by atoms with E-state index in [1.807, 2.05) is 12.3 Å². The molecule has 0 aliphatic carbocycles. The Labute approximate surface area is 143 Å². The number of tetrazole rings is 1. The van der Waals surface area contributed by atoms with E-state index in [0.717, 1.165) is 17.8 Å². The van der Waals surface area contributed by atoms with Crippen LogP contribution < -0.4 is 0 Å². The summed E-state index contributed by atoms with van der Waals surface area (Å²) in [5, 5.41) is 15.8. The number of aromatic nitrogens is 6. The van der Waals surface area contributed by atoms with E-state index in [9.17, 15) is 4.39 Å². The smallest absolute Gasteiger partial charge is 0.181 e. The molecule has 2 aromatic heterocycles. The predicted octanol–water partition coefficient (Wildman–Crippen LogP) is 1.11. The van der Waals surface area contributed by atoms with Gasteiger partial charge in [0.15, 0.2) is 5.82 Å². The van der Waals surface area contributed by atoms with E-state index < -0.39 is 0 Å². The van der Waals surface area contributed by atoms with E-state index in [1.54, 1.807) is 34.7 Å². The van der Waals surface area contributed by atoms with Crippen molar-refractivity contribution in [2.75, 3.05) is 19.7 Å². The second kappa shape index (κ2) is 6.69. The number of rotatable bonds is 4. The number of halogens is 1. The molecule has 0 amide bonds. The topological polar surface area (TPSA) is 73.9 Å². The molecule has 1 aromatic carbocycles. The molecular weight excluding hydrogens is 325 g/mol. The van der Waals surface area contributed by atoms with Crippen LogP contribution in [0.2, 0.25) is 0 Å². The Morgan fingerprint density at radius 1 is 1.36 bits per heavy atom. The second-order valence-corrected chi connectivity index (χ2v) is 5.98. The molecule has 3 heterocycles. The van der Waals surface area contributed by atoms with E-state index >= 15 is 0 Å². The highest BCUT2D eigenvalue weighted by Gasteiger charge is 2.26. The molecule has 1 aliphatic heterocycles. The van der Waals surface area contributed by atoms with Crippen molar-refractivity contribution in [2.45, 2.75) is 12.6 Å². The van der Waals surface area contributed by atoms with Crippen LogP contribution in [-0.4, -0.2) is 54.6 Å². The molecule has 0 bridgehead atoms. The van der Waals surface area contributed by atoms with E-state index in [2.05, 4.69) is 25.5 Å². The number of hydrogen-bond donors (Lipinski definition) is 0. The lowest BCUT2D eigenvalue weighted by atomic mass is 10.1. The van der Waals surface area contributed by atoms with Crippen LogP contribution in [0.1, 0.15) is 17.5 Å². The SMILES string of the molecule is Cn1nnnc1C1CN(Cc2cc(F)ccc2-n2cccn2)CCO1. The van der Waals surface area contributed by atoms with Crippen LogP contribution in [0.3, 0.4) is 0 Å². The molecular formula is C16H18FN7O. The third-order valence-electron chi connectivity index (χ3n) is 4.28. The molecule has 4 rings (SSSR count). The second-order valence-electron chi connectivity index (χ2n) is 5.98. The molecule has 0 spiro atoms. The fraction of sp³-hybridized carbons (Fsp3) is 0.375. The summed E-state index contributed by atoms with van der Waals surface area (Å²) in [4.78, 5) is 2.21. The largest absolute Gasteiger partial charge is 0.367 e. The van der Waals surface area contributed by atoms with Gasteiger partial charge >= 0.3 is 0 Å². The number of ether oxygens (including phenoxy) is 1. The van der Waals surface area contributed by atoms with Crippen LogP contribution >= 0.6 is 0 Å². The fourth-order valence-electron chi connectivity index (χ4n) is 3.07. The zero-order valence-corrected chi connectivity index (χ0v) is 13.8. The van der Waals surface area contributed by atoms with Crippen LogP contribution in [0, 0.1) is 5.82 Å². The lowest BCUT2D eigenvalue weighted by molar-refractivity contribution is -0.0389. The maximum absolute atomic E-state index is 13.8. The minimum absolute atomic E-state index is 0.199. The third-order valence-corrected chi connectivity index (χ3v) is 4.28. The first-order valence-electron chi connectivity index (χ1n) is 8.05. The summed E-state index contributed by atoms with van der Waals surface area (Å²) in [5.74, 6) is 0.435. The molecule has 3 aromatic rings. The summed E-state index contributed by atoms with van der Waals surface area (Å²) in [6.07, 6.45) is 3.36. The summed E-state index contributed by atoms with van der Waals surface area (Å²) < 4.78 is 23.0. The average molecular weight is 343 g/mol. The quantitative estimate of drug-likeness (QED) is 0.706. The van der Waals surface area contributed by atoms with Gasteiger partial charge in [0.05, 0.1) is 12.3 Å². The van der Waals surface area contributed by atoms with Crippen molar-refractivity contribution in [1.29, 1.82) is 0 Å². The van der Waals surface area contributed by atoms with Gasteiger partial charge in [-0.05, 0) is 40.3 Å². The van der Waals surface area contributed by atoms with Crippen LogP contribution in [0.25, 0.3) is 5.69 Å². The number of benzene rings is 1. The van der Waals surface area contributed by atoms with Gasteiger partial charge in [-0.3, -0.25) is 4.90 Å². The van der Waals surface area contributed by atoms with Crippen molar-refractivity contribution in [1.82, 2.24) is 34.9 Å². The molecule has 1 saturated heterocycles. The van der Waals surface area contributed by atoms with Gasteiger partial charge in [-0.1, -0.05) is 0 Å². The van der Waals surface area contributed by atoms with Crippen LogP contribution in [-0.2, 0) is 18.3 Å². The Balaban J connectivity index is 1.56. The van der Waals surface area contributed by atoms with Gasteiger partial charge < -0.3 is 4.74 Å². The van der Waals surface area contributed by atoms with Crippen LogP contribution in [0.15, 0.2) is 36.7 Å². The van der Waals surface area contributed by atoms with Crippen molar-refractivity contribution in [3.63, 3.8) is 0 Å². The van der Waals surface area contributed by atoms with Gasteiger partial charge in [0.2, 0.25) is 0 Å². The molecule has 1 atom stereocenters. The number of nitrogens with zero attached hydrogens (tertiary/aromatic N) is 7. The van der Waals surface area contributed by atoms with Gasteiger partial charge in [-0.15, -0.1) is 5.10 Å². The predicted molar refractivity (Wildman–Crippen MR) is 86.3 cm³/mol. The van der Waals surface area contributed by atoms with E-state index in [1.165, 1.54) is 6.07 Å². The van der Waals surface area contributed by atoms with Crippen molar-refractivity contribution in [2.24, 2.45) is 7.05 Å². The molecule has 0 radical (unpaired) electrons. The maximum atomic E-state index is 13.8. The molecule has 1 fully saturated rings. The van der Waals surface area contributed by atoms with Crippen LogP contribution in [0.4, 0.5) is 4.39 Å². The molecule has 1 unspecified atom stereocenters. The minimum Gasteiger partial charge on any atom is -0.367 e. The molecule has 9 heteroatoms. The number of morpholine rings is 1. The third kappa shape index (κ3) is 3.28. The molecule has 0 saturated carbocycles. The minimum atomic E-state index is -0.256. The lowest BCUT2D eigenvalue weighted by Crippen LogP contribution is -2.39. The Morgan fingerprint density at radius 2 is 2.28 bits per heavy atom. The zero-order chi connectivity index (χ0) is 17.2. The normalized spacial score (nSPS) is 18.6.